The molecule has 1 atom stereocenters. The fourth-order valence-electron chi connectivity index (χ4n) is 2.55. The lowest BCUT2D eigenvalue weighted by atomic mass is 10.2. The molecular weight excluding hydrogens is 378 g/mol. The fraction of sp³-hybridized carbons (Fsp3) is 0.500. The van der Waals surface area contributed by atoms with Crippen LogP contribution in [0.25, 0.3) is 10.2 Å². The van der Waals surface area contributed by atoms with Crippen molar-refractivity contribution in [1.82, 2.24) is 4.98 Å². The number of hydrogen-bond donors (Lipinski definition) is 1. The van der Waals surface area contributed by atoms with E-state index in [9.17, 15) is 4.79 Å². The SMILES string of the molecule is CCCC(Br)C(=O)Nc1nc2ccc(N3CCOCC3)cc2s1. The van der Waals surface area contributed by atoms with Crippen molar-refractivity contribution < 1.29 is 9.53 Å². The number of carbonyl (C=O) groups is 1. The van der Waals surface area contributed by atoms with Gasteiger partial charge in [-0.2, -0.15) is 0 Å². The van der Waals surface area contributed by atoms with Crippen molar-refractivity contribution >= 4 is 54.2 Å². The number of alkyl halides is 1. The summed E-state index contributed by atoms with van der Waals surface area (Å²) in [5.41, 5.74) is 2.11. The number of thiazole rings is 1. The second kappa shape index (κ2) is 7.59. The van der Waals surface area contributed by atoms with Gasteiger partial charge in [-0.15, -0.1) is 0 Å². The molecule has 1 aromatic heterocycles. The van der Waals surface area contributed by atoms with Crippen molar-refractivity contribution in [2.45, 2.75) is 24.6 Å². The topological polar surface area (TPSA) is 54.5 Å². The fourth-order valence-corrected chi connectivity index (χ4v) is 4.03. The average molecular weight is 398 g/mol. The van der Waals surface area contributed by atoms with Crippen molar-refractivity contribution in [3.63, 3.8) is 0 Å². The summed E-state index contributed by atoms with van der Waals surface area (Å²) >= 11 is 4.93. The summed E-state index contributed by atoms with van der Waals surface area (Å²) in [5.74, 6) is -0.0284. The molecule has 0 spiro atoms. The van der Waals surface area contributed by atoms with Gasteiger partial charge in [-0.25, -0.2) is 4.98 Å². The Hall–Kier alpha value is -1.18. The maximum atomic E-state index is 12.1. The third-order valence-corrected chi connectivity index (χ3v) is 5.61. The van der Waals surface area contributed by atoms with Crippen LogP contribution in [0.15, 0.2) is 18.2 Å². The minimum Gasteiger partial charge on any atom is -0.378 e. The maximum absolute atomic E-state index is 12.1. The van der Waals surface area contributed by atoms with E-state index >= 15 is 0 Å². The third-order valence-electron chi connectivity index (χ3n) is 3.81. The van der Waals surface area contributed by atoms with Crippen LogP contribution in [-0.2, 0) is 9.53 Å². The predicted octanol–water partition coefficient (Wildman–Crippen LogP) is 3.64. The van der Waals surface area contributed by atoms with Gasteiger partial charge in [0.25, 0.3) is 0 Å². The Balaban J connectivity index is 1.75. The lowest BCUT2D eigenvalue weighted by Gasteiger charge is -2.28. The number of nitrogens with one attached hydrogen (secondary N) is 1. The van der Waals surface area contributed by atoms with Gasteiger partial charge in [0, 0.05) is 18.8 Å². The molecule has 1 aliphatic heterocycles. The summed E-state index contributed by atoms with van der Waals surface area (Å²) in [6.45, 7) is 5.43. The number of halogens is 1. The number of rotatable bonds is 5. The predicted molar refractivity (Wildman–Crippen MR) is 98.9 cm³/mol. The van der Waals surface area contributed by atoms with E-state index in [4.69, 9.17) is 4.74 Å². The van der Waals surface area contributed by atoms with Crippen LogP contribution >= 0.6 is 27.3 Å². The largest absolute Gasteiger partial charge is 0.378 e. The number of carbonyl (C=O) groups excluding carboxylic acids is 1. The Morgan fingerprint density at radius 1 is 1.48 bits per heavy atom. The molecule has 23 heavy (non-hydrogen) atoms. The lowest BCUT2D eigenvalue weighted by molar-refractivity contribution is -0.115. The highest BCUT2D eigenvalue weighted by Crippen LogP contribution is 2.30. The minimum absolute atomic E-state index is 0.0284. The molecule has 0 bridgehead atoms. The zero-order valence-electron chi connectivity index (χ0n) is 13.0. The van der Waals surface area contributed by atoms with Crippen LogP contribution in [-0.4, -0.2) is 42.0 Å². The van der Waals surface area contributed by atoms with Crippen molar-refractivity contribution in [3.05, 3.63) is 18.2 Å². The molecular formula is C16H20BrN3O2S. The Bertz CT molecular complexity index is 685. The van der Waals surface area contributed by atoms with Gasteiger partial charge in [0.05, 0.1) is 28.3 Å². The highest BCUT2D eigenvalue weighted by molar-refractivity contribution is 9.10. The minimum atomic E-state index is -0.163. The molecule has 1 aliphatic rings. The van der Waals surface area contributed by atoms with Gasteiger partial charge in [0.15, 0.2) is 5.13 Å². The number of ether oxygens (including phenoxy) is 1. The first-order valence-corrected chi connectivity index (χ1v) is 9.59. The number of morpholine rings is 1. The smallest absolute Gasteiger partial charge is 0.239 e. The summed E-state index contributed by atoms with van der Waals surface area (Å²) < 4.78 is 6.48. The van der Waals surface area contributed by atoms with Gasteiger partial charge in [-0.1, -0.05) is 40.6 Å². The molecule has 1 amide bonds. The van der Waals surface area contributed by atoms with Gasteiger partial charge in [-0.05, 0) is 24.6 Å². The van der Waals surface area contributed by atoms with Gasteiger partial charge in [-0.3, -0.25) is 4.79 Å². The molecule has 1 unspecified atom stereocenters. The number of hydrogen-bond acceptors (Lipinski definition) is 5. The number of nitrogens with zero attached hydrogens (tertiary/aromatic N) is 2. The first-order valence-electron chi connectivity index (χ1n) is 7.85. The van der Waals surface area contributed by atoms with Gasteiger partial charge >= 0.3 is 0 Å². The van der Waals surface area contributed by atoms with Crippen molar-refractivity contribution in [1.29, 1.82) is 0 Å². The summed E-state index contributed by atoms with van der Waals surface area (Å²) in [6.07, 6.45) is 1.78. The van der Waals surface area contributed by atoms with Crippen LogP contribution in [0.1, 0.15) is 19.8 Å². The Morgan fingerprint density at radius 2 is 2.26 bits per heavy atom. The van der Waals surface area contributed by atoms with Gasteiger partial charge < -0.3 is 15.0 Å². The summed E-state index contributed by atoms with van der Waals surface area (Å²) in [6, 6.07) is 6.25. The molecule has 124 valence electrons. The summed E-state index contributed by atoms with van der Waals surface area (Å²) in [5, 5.41) is 3.56. The standard InChI is InChI=1S/C16H20BrN3O2S/c1-2-3-12(17)15(21)19-16-18-13-5-4-11(10-14(13)23-16)20-6-8-22-9-7-20/h4-5,10,12H,2-3,6-9H2,1H3,(H,18,19,21). The number of aromatic nitrogens is 1. The molecule has 1 N–H and O–H groups in total. The van der Waals surface area contributed by atoms with E-state index in [0.29, 0.717) is 5.13 Å². The highest BCUT2D eigenvalue weighted by Gasteiger charge is 2.17. The second-order valence-electron chi connectivity index (χ2n) is 5.52. The zero-order chi connectivity index (χ0) is 16.2. The number of fused-ring (bicyclic) bond motifs is 1. The van der Waals surface area contributed by atoms with Crippen LogP contribution in [0.2, 0.25) is 0 Å². The van der Waals surface area contributed by atoms with E-state index in [-0.39, 0.29) is 10.7 Å². The van der Waals surface area contributed by atoms with E-state index in [1.165, 1.54) is 17.0 Å². The first-order chi connectivity index (χ1) is 11.2. The third kappa shape index (κ3) is 4.02. The Labute approximate surface area is 148 Å². The van der Waals surface area contributed by atoms with Crippen LogP contribution in [0.5, 0.6) is 0 Å². The van der Waals surface area contributed by atoms with Gasteiger partial charge in [0.1, 0.15) is 0 Å². The quantitative estimate of drug-likeness (QED) is 0.782. The summed E-state index contributed by atoms with van der Waals surface area (Å²) in [7, 11) is 0. The number of anilines is 2. The molecule has 1 aromatic carbocycles. The van der Waals surface area contributed by atoms with Crippen molar-refractivity contribution in [2.24, 2.45) is 0 Å². The second-order valence-corrected chi connectivity index (χ2v) is 7.65. The highest BCUT2D eigenvalue weighted by atomic mass is 79.9. The normalized spacial score (nSPS) is 16.5. The monoisotopic (exact) mass is 397 g/mol. The lowest BCUT2D eigenvalue weighted by Crippen LogP contribution is -2.36. The molecule has 0 radical (unpaired) electrons. The molecule has 7 heteroatoms. The Morgan fingerprint density at radius 3 is 3.00 bits per heavy atom. The average Bonchev–Trinajstić information content (AvgIpc) is 2.97. The van der Waals surface area contributed by atoms with Crippen molar-refractivity contribution in [3.8, 4) is 0 Å². The van der Waals surface area contributed by atoms with Gasteiger partial charge in [0.2, 0.25) is 5.91 Å². The molecule has 3 rings (SSSR count). The molecule has 1 saturated heterocycles. The molecule has 0 saturated carbocycles. The van der Waals surface area contributed by atoms with E-state index in [1.54, 1.807) is 0 Å². The van der Waals surface area contributed by atoms with E-state index in [2.05, 4.69) is 50.2 Å². The molecule has 2 aromatic rings. The first kappa shape index (κ1) is 16.7. The maximum Gasteiger partial charge on any atom is 0.239 e. The molecule has 0 aliphatic carbocycles. The molecule has 5 nitrogen and oxygen atoms in total. The van der Waals surface area contributed by atoms with Crippen LogP contribution in [0, 0.1) is 0 Å². The van der Waals surface area contributed by atoms with Crippen LogP contribution in [0.3, 0.4) is 0 Å². The molecule has 2 heterocycles. The van der Waals surface area contributed by atoms with Crippen molar-refractivity contribution in [2.75, 3.05) is 36.5 Å². The Kier molecular flexibility index (Phi) is 5.50. The zero-order valence-corrected chi connectivity index (χ0v) is 15.5. The van der Waals surface area contributed by atoms with E-state index in [1.807, 2.05) is 6.07 Å². The number of benzene rings is 1. The van der Waals surface area contributed by atoms with Crippen LogP contribution in [0.4, 0.5) is 10.8 Å². The number of amides is 1. The summed E-state index contributed by atoms with van der Waals surface area (Å²) in [4.78, 5) is 18.7. The van der Waals surface area contributed by atoms with Crippen LogP contribution < -0.4 is 10.2 Å². The van der Waals surface area contributed by atoms with E-state index < -0.39 is 0 Å². The molecule has 1 fully saturated rings. The van der Waals surface area contributed by atoms with E-state index in [0.717, 1.165) is 49.4 Å².